The van der Waals surface area contributed by atoms with E-state index in [0.717, 1.165) is 13.2 Å². The Bertz CT molecular complexity index is 376. The first kappa shape index (κ1) is 21.7. The maximum atomic E-state index is 5.37. The summed E-state index contributed by atoms with van der Waals surface area (Å²) in [7, 11) is 0.384. The van der Waals surface area contributed by atoms with Gasteiger partial charge in [-0.2, -0.15) is 5.10 Å². The van der Waals surface area contributed by atoms with E-state index in [1.54, 1.807) is 7.11 Å². The van der Waals surface area contributed by atoms with Gasteiger partial charge in [0.2, 0.25) is 0 Å². The van der Waals surface area contributed by atoms with Crippen LogP contribution in [0.15, 0.2) is 5.10 Å². The van der Waals surface area contributed by atoms with Crippen LogP contribution in [0.2, 0.25) is 23.7 Å². The van der Waals surface area contributed by atoms with Gasteiger partial charge in [0.15, 0.2) is 0 Å². The van der Waals surface area contributed by atoms with Crippen LogP contribution in [0.25, 0.3) is 0 Å². The monoisotopic (exact) mass is 354 g/mol. The van der Waals surface area contributed by atoms with Gasteiger partial charge in [-0.25, -0.2) is 0 Å². The first-order valence-electron chi connectivity index (χ1n) is 10.0. The molecule has 0 amide bonds. The van der Waals surface area contributed by atoms with Crippen molar-refractivity contribution in [2.75, 3.05) is 20.3 Å². The second-order valence-electron chi connectivity index (χ2n) is 9.11. The molecule has 0 saturated carbocycles. The lowest BCUT2D eigenvalue weighted by atomic mass is 10.1. The van der Waals surface area contributed by atoms with Crippen molar-refractivity contribution in [1.82, 2.24) is 5.01 Å². The molecule has 0 radical (unpaired) electrons. The summed E-state index contributed by atoms with van der Waals surface area (Å²) in [4.78, 5) is 0. The molecular weight excluding hydrogens is 312 g/mol. The Morgan fingerprint density at radius 1 is 1.25 bits per heavy atom. The molecule has 0 bridgehead atoms. The molecule has 1 fully saturated rings. The van der Waals surface area contributed by atoms with Gasteiger partial charge in [-0.15, -0.1) is 0 Å². The number of hydrogen-bond donors (Lipinski definition) is 0. The van der Waals surface area contributed by atoms with Crippen molar-refractivity contribution < 1.29 is 4.74 Å². The van der Waals surface area contributed by atoms with Crippen molar-refractivity contribution in [3.05, 3.63) is 0 Å². The zero-order valence-corrected chi connectivity index (χ0v) is 18.4. The topological polar surface area (TPSA) is 24.8 Å². The van der Waals surface area contributed by atoms with E-state index in [9.17, 15) is 0 Å². The lowest BCUT2D eigenvalue weighted by molar-refractivity contribution is 0.118. The van der Waals surface area contributed by atoms with Crippen molar-refractivity contribution in [3.63, 3.8) is 0 Å². The highest BCUT2D eigenvalue weighted by atomic mass is 28.3. The zero-order valence-electron chi connectivity index (χ0n) is 17.4. The summed E-state index contributed by atoms with van der Waals surface area (Å²) in [5.41, 5.74) is 0.665. The van der Waals surface area contributed by atoms with Gasteiger partial charge in [-0.3, -0.25) is 5.01 Å². The minimum atomic E-state index is -1.41. The normalized spacial score (nSPS) is 21.0. The Balaban J connectivity index is 2.78. The highest BCUT2D eigenvalue weighted by molar-refractivity contribution is 6.83. The van der Waals surface area contributed by atoms with E-state index in [-0.39, 0.29) is 0 Å². The van der Waals surface area contributed by atoms with Crippen molar-refractivity contribution in [2.24, 2.45) is 5.10 Å². The third-order valence-corrected chi connectivity index (χ3v) is 12.5. The molecule has 1 aliphatic heterocycles. The van der Waals surface area contributed by atoms with Crippen LogP contribution < -0.4 is 0 Å². The standard InChI is InChI=1S/C20H42N2OSi/c1-8-9-10-11-14-19(24(6,7)20(2,3)4)16-21-22-15-12-13-18(22)17-23-5/h16,18-19H,8-15,17H2,1-7H3/t18-,19-/m1/s1. The van der Waals surface area contributed by atoms with Gasteiger partial charge >= 0.3 is 0 Å². The third-order valence-electron chi connectivity index (χ3n) is 6.33. The van der Waals surface area contributed by atoms with E-state index in [1.807, 2.05) is 0 Å². The molecular formula is C20H42N2OSi. The predicted molar refractivity (Wildman–Crippen MR) is 110 cm³/mol. The highest BCUT2D eigenvalue weighted by Gasteiger charge is 2.41. The van der Waals surface area contributed by atoms with E-state index < -0.39 is 8.07 Å². The molecule has 0 N–H and O–H groups in total. The Morgan fingerprint density at radius 3 is 2.54 bits per heavy atom. The van der Waals surface area contributed by atoms with Crippen molar-refractivity contribution in [2.45, 2.75) is 102 Å². The molecule has 2 atom stereocenters. The largest absolute Gasteiger partial charge is 0.382 e. The molecule has 3 nitrogen and oxygen atoms in total. The summed E-state index contributed by atoms with van der Waals surface area (Å²) in [6, 6.07) is 0.478. The number of nitrogens with zero attached hydrogens (tertiary/aromatic N) is 2. The molecule has 1 aliphatic rings. The van der Waals surface area contributed by atoms with Crippen molar-refractivity contribution in [1.29, 1.82) is 0 Å². The Morgan fingerprint density at radius 2 is 1.96 bits per heavy atom. The van der Waals surface area contributed by atoms with Gasteiger partial charge in [0, 0.05) is 19.9 Å². The number of rotatable bonds is 10. The van der Waals surface area contributed by atoms with Gasteiger partial charge < -0.3 is 4.74 Å². The summed E-state index contributed by atoms with van der Waals surface area (Å²) in [5.74, 6) is 0. The van der Waals surface area contributed by atoms with Gasteiger partial charge in [0.25, 0.3) is 0 Å². The van der Waals surface area contributed by atoms with Gasteiger partial charge in [-0.05, 0) is 29.8 Å². The second-order valence-corrected chi connectivity index (χ2v) is 14.8. The van der Waals surface area contributed by atoms with Gasteiger partial charge in [-0.1, -0.05) is 66.5 Å². The third kappa shape index (κ3) is 6.18. The van der Waals surface area contributed by atoms with Crippen LogP contribution in [0.1, 0.15) is 72.6 Å². The first-order chi connectivity index (χ1) is 11.2. The van der Waals surface area contributed by atoms with Crippen LogP contribution in [0.3, 0.4) is 0 Å². The van der Waals surface area contributed by atoms with E-state index >= 15 is 0 Å². The lowest BCUT2D eigenvalue weighted by Crippen LogP contribution is -2.43. The van der Waals surface area contributed by atoms with E-state index in [2.05, 4.69) is 52.0 Å². The molecule has 0 aromatic rings. The number of hydrogen-bond acceptors (Lipinski definition) is 3. The SMILES string of the molecule is CCCCCC[C@H](C=NN1CCC[C@@H]1COC)[Si](C)(C)C(C)(C)C. The van der Waals surface area contributed by atoms with Crippen molar-refractivity contribution in [3.8, 4) is 0 Å². The fourth-order valence-corrected chi connectivity index (χ4v) is 5.95. The molecule has 4 heteroatoms. The Kier molecular flexibility index (Phi) is 9.00. The fraction of sp³-hybridized carbons (Fsp3) is 0.950. The average molecular weight is 355 g/mol. The Labute approximate surface area is 152 Å². The summed E-state index contributed by atoms with van der Waals surface area (Å²) >= 11 is 0. The fourth-order valence-electron chi connectivity index (χ4n) is 3.47. The summed E-state index contributed by atoms with van der Waals surface area (Å²) in [6.45, 7) is 16.6. The molecule has 1 saturated heterocycles. The smallest absolute Gasteiger partial charge is 0.0704 e. The van der Waals surface area contributed by atoms with E-state index in [4.69, 9.17) is 9.84 Å². The summed E-state index contributed by atoms with van der Waals surface area (Å²) in [6.07, 6.45) is 11.5. The minimum Gasteiger partial charge on any atom is -0.382 e. The predicted octanol–water partition coefficient (Wildman–Crippen LogP) is 5.93. The molecule has 0 aliphatic carbocycles. The van der Waals surface area contributed by atoms with Crippen LogP contribution in [0.4, 0.5) is 0 Å². The van der Waals surface area contributed by atoms with Crippen LogP contribution >= 0.6 is 0 Å². The van der Waals surface area contributed by atoms with Gasteiger partial charge in [0.05, 0.1) is 20.7 Å². The maximum absolute atomic E-state index is 5.37. The number of ether oxygens (including phenoxy) is 1. The highest BCUT2D eigenvalue weighted by Crippen LogP contribution is 2.44. The number of hydrazone groups is 1. The number of methoxy groups -OCH3 is 1. The molecule has 0 unspecified atom stereocenters. The minimum absolute atomic E-state index is 0.408. The second kappa shape index (κ2) is 9.96. The molecule has 0 spiro atoms. The molecule has 142 valence electrons. The van der Waals surface area contributed by atoms with Gasteiger partial charge in [0.1, 0.15) is 0 Å². The van der Waals surface area contributed by atoms with Crippen LogP contribution in [-0.4, -0.2) is 45.6 Å². The quantitative estimate of drug-likeness (QED) is 0.276. The Hall–Kier alpha value is -0.353. The summed E-state index contributed by atoms with van der Waals surface area (Å²) in [5, 5.41) is 7.66. The van der Waals surface area contributed by atoms with E-state index in [0.29, 0.717) is 16.6 Å². The maximum Gasteiger partial charge on any atom is 0.0704 e. The lowest BCUT2D eigenvalue weighted by Gasteiger charge is -2.42. The average Bonchev–Trinajstić information content (AvgIpc) is 2.93. The van der Waals surface area contributed by atoms with Crippen molar-refractivity contribution >= 4 is 14.3 Å². The van der Waals surface area contributed by atoms with Crippen LogP contribution in [-0.2, 0) is 4.74 Å². The summed E-state index contributed by atoms with van der Waals surface area (Å²) < 4.78 is 5.37. The molecule has 0 aromatic heterocycles. The molecule has 24 heavy (non-hydrogen) atoms. The van der Waals surface area contributed by atoms with Crippen LogP contribution in [0, 0.1) is 0 Å². The first-order valence-corrected chi connectivity index (χ1v) is 13.1. The number of unbranched alkanes of at least 4 members (excludes halogenated alkanes) is 3. The zero-order chi connectivity index (χ0) is 18.2. The molecule has 0 aromatic carbocycles. The molecule has 1 heterocycles. The molecule has 1 rings (SSSR count). The van der Waals surface area contributed by atoms with E-state index in [1.165, 1.54) is 44.9 Å². The van der Waals surface area contributed by atoms with Crippen LogP contribution in [0.5, 0.6) is 0 Å².